The summed E-state index contributed by atoms with van der Waals surface area (Å²) >= 11 is 6.11. The first-order valence-corrected chi connectivity index (χ1v) is 12.3. The van der Waals surface area contributed by atoms with Crippen LogP contribution in [-0.4, -0.2) is 56.4 Å². The van der Waals surface area contributed by atoms with Crippen LogP contribution in [0.3, 0.4) is 0 Å². The second-order valence-corrected chi connectivity index (χ2v) is 10.0. The maximum absolute atomic E-state index is 12.5. The van der Waals surface area contributed by atoms with Crippen LogP contribution in [-0.2, 0) is 11.3 Å². The van der Waals surface area contributed by atoms with Crippen LogP contribution in [0.15, 0.2) is 36.7 Å². The van der Waals surface area contributed by atoms with E-state index in [-0.39, 0.29) is 17.4 Å². The van der Waals surface area contributed by atoms with Gasteiger partial charge in [-0.05, 0) is 55.2 Å². The van der Waals surface area contributed by atoms with Crippen LogP contribution < -0.4 is 11.1 Å². The Hall–Kier alpha value is -3.77. The third kappa shape index (κ3) is 4.33. The minimum atomic E-state index is -0.548. The highest BCUT2D eigenvalue weighted by Crippen LogP contribution is 2.55. The number of carbonyl (C=O) groups excluding carboxylic acids is 2. The smallest absolute Gasteiger partial charge is 0.298 e. The van der Waals surface area contributed by atoms with Crippen molar-refractivity contribution in [2.24, 2.45) is 11.1 Å². The lowest BCUT2D eigenvalue weighted by atomic mass is 9.65. The average molecular weight is 506 g/mol. The summed E-state index contributed by atoms with van der Waals surface area (Å²) in [4.78, 5) is 26.5. The van der Waals surface area contributed by atoms with Gasteiger partial charge >= 0.3 is 0 Å². The molecule has 3 N–H and O–H groups in total. The minimum Gasteiger partial charge on any atom is -0.373 e. The SMILES string of the molecule is CC#CC(=O)N1CC[C@]2(C1)C[C@H](n1nc(-c3cnn(Cc4cccc(Cl)c4)c3)c(C(N)=O)c1NC)C2. The van der Waals surface area contributed by atoms with E-state index >= 15 is 0 Å². The normalized spacial score (nSPS) is 20.6. The molecule has 1 spiro atoms. The largest absolute Gasteiger partial charge is 0.373 e. The highest BCUT2D eigenvalue weighted by atomic mass is 35.5. The second kappa shape index (κ2) is 9.36. The summed E-state index contributed by atoms with van der Waals surface area (Å²) in [5.74, 6) is 5.27. The van der Waals surface area contributed by atoms with E-state index in [1.807, 2.05) is 40.0 Å². The van der Waals surface area contributed by atoms with E-state index < -0.39 is 5.91 Å². The van der Waals surface area contributed by atoms with Crippen LogP contribution >= 0.6 is 11.6 Å². The summed E-state index contributed by atoms with van der Waals surface area (Å²) in [7, 11) is 1.76. The third-order valence-electron chi connectivity index (χ3n) is 7.17. The zero-order valence-corrected chi connectivity index (χ0v) is 21.0. The fourth-order valence-corrected chi connectivity index (χ4v) is 5.72. The molecule has 0 radical (unpaired) electrons. The molecule has 2 fully saturated rings. The number of carbonyl (C=O) groups is 2. The van der Waals surface area contributed by atoms with Crippen molar-refractivity contribution in [3.63, 3.8) is 0 Å². The molecular weight excluding hydrogens is 478 g/mol. The molecule has 10 heteroatoms. The lowest BCUT2D eigenvalue weighted by Crippen LogP contribution is -2.42. The molecule has 0 bridgehead atoms. The quantitative estimate of drug-likeness (QED) is 0.500. The minimum absolute atomic E-state index is 0.0710. The number of hydrogen-bond acceptors (Lipinski definition) is 5. The molecule has 1 aromatic carbocycles. The average Bonchev–Trinajstić information content (AvgIpc) is 3.54. The first kappa shape index (κ1) is 23.9. The lowest BCUT2D eigenvalue weighted by molar-refractivity contribution is -0.125. The predicted molar refractivity (Wildman–Crippen MR) is 137 cm³/mol. The van der Waals surface area contributed by atoms with E-state index in [0.29, 0.717) is 40.8 Å². The van der Waals surface area contributed by atoms with Crippen LogP contribution in [0.1, 0.15) is 48.1 Å². The molecule has 2 aliphatic rings. The third-order valence-corrected chi connectivity index (χ3v) is 7.41. The number of anilines is 1. The maximum Gasteiger partial charge on any atom is 0.298 e. The van der Waals surface area contributed by atoms with Gasteiger partial charge in [-0.15, -0.1) is 0 Å². The van der Waals surface area contributed by atoms with Gasteiger partial charge in [-0.25, -0.2) is 4.68 Å². The Bertz CT molecular complexity index is 1390. The Morgan fingerprint density at radius 1 is 1.33 bits per heavy atom. The summed E-state index contributed by atoms with van der Waals surface area (Å²) in [6, 6.07) is 7.71. The summed E-state index contributed by atoms with van der Waals surface area (Å²) in [5, 5.41) is 13.1. The summed E-state index contributed by atoms with van der Waals surface area (Å²) in [6.07, 6.45) is 6.25. The highest BCUT2D eigenvalue weighted by molar-refractivity contribution is 6.30. The van der Waals surface area contributed by atoms with Crippen LogP contribution in [0.2, 0.25) is 5.02 Å². The molecule has 9 nitrogen and oxygen atoms in total. The first-order valence-electron chi connectivity index (χ1n) is 11.9. The second-order valence-electron chi connectivity index (χ2n) is 9.60. The maximum atomic E-state index is 12.5. The number of benzene rings is 1. The number of nitrogens with two attached hydrogens (primary N) is 1. The number of rotatable bonds is 6. The van der Waals surface area contributed by atoms with E-state index in [0.717, 1.165) is 31.4 Å². The molecule has 1 saturated heterocycles. The van der Waals surface area contributed by atoms with Crippen molar-refractivity contribution in [1.82, 2.24) is 24.5 Å². The topological polar surface area (TPSA) is 111 Å². The van der Waals surface area contributed by atoms with Gasteiger partial charge in [0.1, 0.15) is 17.1 Å². The van der Waals surface area contributed by atoms with Crippen molar-refractivity contribution in [2.75, 3.05) is 25.5 Å². The van der Waals surface area contributed by atoms with Crippen LogP contribution in [0.25, 0.3) is 11.3 Å². The number of aromatic nitrogens is 4. The zero-order valence-electron chi connectivity index (χ0n) is 20.3. The van der Waals surface area contributed by atoms with Gasteiger partial charge in [0.15, 0.2) is 0 Å². The van der Waals surface area contributed by atoms with E-state index in [1.165, 1.54) is 0 Å². The fraction of sp³-hybridized carbons (Fsp3) is 0.385. The molecule has 2 amide bonds. The number of halogens is 1. The first-order chi connectivity index (χ1) is 17.3. The van der Waals surface area contributed by atoms with Gasteiger partial charge in [-0.2, -0.15) is 10.2 Å². The van der Waals surface area contributed by atoms with E-state index in [2.05, 4.69) is 22.3 Å². The molecule has 5 rings (SSSR count). The molecule has 2 aromatic heterocycles. The number of hydrogen-bond donors (Lipinski definition) is 2. The van der Waals surface area contributed by atoms with Gasteiger partial charge in [-0.1, -0.05) is 29.7 Å². The van der Waals surface area contributed by atoms with Crippen LogP contribution in [0, 0.1) is 17.3 Å². The zero-order chi connectivity index (χ0) is 25.4. The van der Waals surface area contributed by atoms with E-state index in [4.69, 9.17) is 22.4 Å². The summed E-state index contributed by atoms with van der Waals surface area (Å²) < 4.78 is 3.66. The number of primary amides is 1. The number of nitrogens with zero attached hydrogens (tertiary/aromatic N) is 5. The fourth-order valence-electron chi connectivity index (χ4n) is 5.51. The van der Waals surface area contributed by atoms with Crippen LogP contribution in [0.5, 0.6) is 0 Å². The van der Waals surface area contributed by atoms with Gasteiger partial charge in [0.25, 0.3) is 11.8 Å². The van der Waals surface area contributed by atoms with Crippen molar-refractivity contribution in [1.29, 1.82) is 0 Å². The van der Waals surface area contributed by atoms with Gasteiger partial charge in [0.2, 0.25) is 0 Å². The van der Waals surface area contributed by atoms with Crippen molar-refractivity contribution in [2.45, 2.75) is 38.8 Å². The van der Waals surface area contributed by atoms with Gasteiger partial charge < -0.3 is 16.0 Å². The standard InChI is InChI=1S/C26H28ClN7O2/c1-3-5-21(35)32-9-8-26(16-32)11-20(12-26)34-25(29-2)22(24(28)36)23(31-34)18-13-30-33(15-18)14-17-6-4-7-19(27)10-17/h4,6-7,10,13,15,20,29H,8-9,11-12,14,16H2,1-2H3,(H2,28,36)/t20-,26-. The molecular formula is C26H28ClN7O2. The number of nitrogens with one attached hydrogen (secondary N) is 1. The van der Waals surface area contributed by atoms with E-state index in [1.54, 1.807) is 24.9 Å². The molecule has 1 aliphatic carbocycles. The Kier molecular flexibility index (Phi) is 6.22. The molecule has 36 heavy (non-hydrogen) atoms. The number of likely N-dealkylation sites (tertiary alicyclic amines) is 1. The van der Waals surface area contributed by atoms with Crippen molar-refractivity contribution >= 4 is 29.2 Å². The van der Waals surface area contributed by atoms with Gasteiger partial charge in [0.05, 0.1) is 18.8 Å². The number of amides is 2. The summed E-state index contributed by atoms with van der Waals surface area (Å²) in [5.41, 5.74) is 8.47. The Labute approximate surface area is 214 Å². The van der Waals surface area contributed by atoms with E-state index in [9.17, 15) is 9.59 Å². The summed E-state index contributed by atoms with van der Waals surface area (Å²) in [6.45, 7) is 3.64. The Balaban J connectivity index is 1.39. The van der Waals surface area contributed by atoms with Gasteiger partial charge in [-0.3, -0.25) is 14.3 Å². The molecule has 0 unspecified atom stereocenters. The van der Waals surface area contributed by atoms with Gasteiger partial charge in [0, 0.05) is 36.9 Å². The molecule has 0 atom stereocenters. The molecule has 3 aromatic rings. The lowest BCUT2D eigenvalue weighted by Gasteiger charge is -2.45. The predicted octanol–water partition coefficient (Wildman–Crippen LogP) is 3.17. The van der Waals surface area contributed by atoms with Crippen molar-refractivity contribution in [3.05, 3.63) is 52.8 Å². The molecule has 1 saturated carbocycles. The van der Waals surface area contributed by atoms with Crippen molar-refractivity contribution < 1.29 is 9.59 Å². The molecule has 3 heterocycles. The molecule has 1 aliphatic heterocycles. The Morgan fingerprint density at radius 2 is 2.14 bits per heavy atom. The van der Waals surface area contributed by atoms with Crippen LogP contribution in [0.4, 0.5) is 5.82 Å². The van der Waals surface area contributed by atoms with Crippen molar-refractivity contribution in [3.8, 4) is 23.1 Å². The highest BCUT2D eigenvalue weighted by Gasteiger charge is 2.51. The monoisotopic (exact) mass is 505 g/mol. The molecule has 186 valence electrons. The Morgan fingerprint density at radius 3 is 2.83 bits per heavy atom.